The molecule has 0 spiro atoms. The van der Waals surface area contributed by atoms with Crippen LogP contribution in [0.5, 0.6) is 0 Å². The second kappa shape index (κ2) is 2.87. The van der Waals surface area contributed by atoms with E-state index in [1.807, 2.05) is 0 Å². The first-order chi connectivity index (χ1) is 6.33. The summed E-state index contributed by atoms with van der Waals surface area (Å²) in [6.45, 7) is 0. The van der Waals surface area contributed by atoms with E-state index < -0.39 is 5.91 Å². The largest absolute Gasteiger partial charge is 0.345 e. The molecule has 0 saturated heterocycles. The summed E-state index contributed by atoms with van der Waals surface area (Å²) in [6.07, 6.45) is 1.50. The lowest BCUT2D eigenvalue weighted by Crippen LogP contribution is -2.18. The summed E-state index contributed by atoms with van der Waals surface area (Å²) in [7, 11) is 0. The third kappa shape index (κ3) is 1.15. The Morgan fingerprint density at radius 3 is 3.15 bits per heavy atom. The van der Waals surface area contributed by atoms with E-state index in [0.29, 0.717) is 11.1 Å². The van der Waals surface area contributed by atoms with Gasteiger partial charge in [-0.15, -0.1) is 0 Å². The summed E-state index contributed by atoms with van der Waals surface area (Å²) >= 11 is 0. The van der Waals surface area contributed by atoms with E-state index in [1.165, 1.54) is 6.33 Å². The normalized spacial score (nSPS) is 10.2. The maximum atomic E-state index is 11.1. The van der Waals surface area contributed by atoms with Gasteiger partial charge in [0, 0.05) is 0 Å². The van der Waals surface area contributed by atoms with Crippen LogP contribution < -0.4 is 5.48 Å². The quantitative estimate of drug-likeness (QED) is 0.442. The van der Waals surface area contributed by atoms with Crippen molar-refractivity contribution in [2.45, 2.75) is 0 Å². The third-order valence-electron chi connectivity index (χ3n) is 1.80. The van der Waals surface area contributed by atoms with Crippen molar-refractivity contribution in [1.82, 2.24) is 15.4 Å². The van der Waals surface area contributed by atoms with Gasteiger partial charge >= 0.3 is 0 Å². The number of amides is 1. The highest BCUT2D eigenvalue weighted by molar-refractivity contribution is 6.04. The van der Waals surface area contributed by atoms with Gasteiger partial charge in [0.05, 0.1) is 17.4 Å². The first-order valence-electron chi connectivity index (χ1n) is 3.69. The molecule has 3 N–H and O–H groups in total. The Labute approximate surface area is 73.4 Å². The van der Waals surface area contributed by atoms with Gasteiger partial charge in [0.15, 0.2) is 0 Å². The Balaban J connectivity index is 2.67. The van der Waals surface area contributed by atoms with Gasteiger partial charge in [-0.2, -0.15) is 0 Å². The zero-order valence-corrected chi connectivity index (χ0v) is 6.61. The molecule has 1 aromatic carbocycles. The lowest BCUT2D eigenvalue weighted by atomic mass is 10.2. The van der Waals surface area contributed by atoms with E-state index in [9.17, 15) is 4.79 Å². The van der Waals surface area contributed by atoms with E-state index in [0.717, 1.165) is 5.52 Å². The number of fused-ring (bicyclic) bond motifs is 1. The summed E-state index contributed by atoms with van der Waals surface area (Å²) in [6, 6.07) is 5.11. The number of imidazole rings is 1. The van der Waals surface area contributed by atoms with Crippen LogP contribution in [0.3, 0.4) is 0 Å². The van der Waals surface area contributed by atoms with E-state index >= 15 is 0 Å². The monoisotopic (exact) mass is 177 g/mol. The van der Waals surface area contributed by atoms with Crippen molar-refractivity contribution in [2.75, 3.05) is 0 Å². The number of hydrogen-bond donors (Lipinski definition) is 3. The molecule has 66 valence electrons. The minimum atomic E-state index is -0.558. The number of para-hydroxylation sites is 1. The fourth-order valence-electron chi connectivity index (χ4n) is 1.21. The molecule has 13 heavy (non-hydrogen) atoms. The maximum Gasteiger partial charge on any atom is 0.276 e. The number of nitrogens with one attached hydrogen (secondary N) is 2. The van der Waals surface area contributed by atoms with Gasteiger partial charge in [-0.05, 0) is 12.1 Å². The van der Waals surface area contributed by atoms with Gasteiger partial charge in [-0.25, -0.2) is 10.5 Å². The molecule has 5 nitrogen and oxygen atoms in total. The number of aromatic amines is 1. The van der Waals surface area contributed by atoms with Crippen LogP contribution in [0.1, 0.15) is 10.4 Å². The van der Waals surface area contributed by atoms with Gasteiger partial charge in [-0.3, -0.25) is 10.0 Å². The number of benzene rings is 1. The highest BCUT2D eigenvalue weighted by Gasteiger charge is 2.09. The fourth-order valence-corrected chi connectivity index (χ4v) is 1.21. The first-order valence-corrected chi connectivity index (χ1v) is 3.69. The molecule has 1 heterocycles. The predicted octanol–water partition coefficient (Wildman–Crippen LogP) is 0.682. The number of carbonyl (C=O) groups is 1. The van der Waals surface area contributed by atoms with Crippen LogP contribution >= 0.6 is 0 Å². The van der Waals surface area contributed by atoms with E-state index in [2.05, 4.69) is 9.97 Å². The van der Waals surface area contributed by atoms with E-state index in [-0.39, 0.29) is 0 Å². The van der Waals surface area contributed by atoms with Gasteiger partial charge < -0.3 is 4.98 Å². The molecule has 0 radical (unpaired) electrons. The Hall–Kier alpha value is -1.88. The van der Waals surface area contributed by atoms with Crippen molar-refractivity contribution in [2.24, 2.45) is 0 Å². The number of hydroxylamine groups is 1. The van der Waals surface area contributed by atoms with Gasteiger partial charge in [0.1, 0.15) is 5.52 Å². The number of hydrogen-bond acceptors (Lipinski definition) is 3. The Morgan fingerprint density at radius 1 is 1.54 bits per heavy atom. The van der Waals surface area contributed by atoms with Crippen LogP contribution in [0.4, 0.5) is 0 Å². The van der Waals surface area contributed by atoms with E-state index in [4.69, 9.17) is 5.21 Å². The van der Waals surface area contributed by atoms with Crippen LogP contribution in [-0.2, 0) is 0 Å². The Morgan fingerprint density at radius 2 is 2.38 bits per heavy atom. The smallest absolute Gasteiger partial charge is 0.276 e. The summed E-state index contributed by atoms with van der Waals surface area (Å²) < 4.78 is 0. The van der Waals surface area contributed by atoms with Gasteiger partial charge in [-0.1, -0.05) is 6.07 Å². The number of H-pyrrole nitrogens is 1. The summed E-state index contributed by atoms with van der Waals surface area (Å²) in [5, 5.41) is 8.45. The number of aromatic nitrogens is 2. The molecule has 2 rings (SSSR count). The summed E-state index contributed by atoms with van der Waals surface area (Å²) in [5.74, 6) is -0.558. The zero-order chi connectivity index (χ0) is 9.26. The molecule has 0 aliphatic rings. The van der Waals surface area contributed by atoms with E-state index in [1.54, 1.807) is 23.7 Å². The third-order valence-corrected chi connectivity index (χ3v) is 1.80. The average Bonchev–Trinajstić information content (AvgIpc) is 2.63. The van der Waals surface area contributed by atoms with Crippen LogP contribution in [-0.4, -0.2) is 21.1 Å². The van der Waals surface area contributed by atoms with Crippen LogP contribution in [0.15, 0.2) is 24.5 Å². The molecule has 0 saturated carbocycles. The number of nitrogens with zero attached hydrogens (tertiary/aromatic N) is 1. The average molecular weight is 177 g/mol. The second-order valence-corrected chi connectivity index (χ2v) is 2.55. The van der Waals surface area contributed by atoms with Crippen molar-refractivity contribution in [1.29, 1.82) is 0 Å². The molecule has 1 aromatic heterocycles. The Kier molecular flexibility index (Phi) is 1.71. The van der Waals surface area contributed by atoms with Crippen LogP contribution in [0.25, 0.3) is 11.0 Å². The molecular weight excluding hydrogens is 170 g/mol. The van der Waals surface area contributed by atoms with Gasteiger partial charge in [0.2, 0.25) is 0 Å². The van der Waals surface area contributed by atoms with Crippen LogP contribution in [0, 0.1) is 0 Å². The molecule has 1 amide bonds. The lowest BCUT2D eigenvalue weighted by Gasteiger charge is -1.98. The predicted molar refractivity (Wildman–Crippen MR) is 45.3 cm³/mol. The molecule has 0 bridgehead atoms. The number of rotatable bonds is 1. The molecular formula is C8H7N3O2. The molecule has 0 unspecified atom stereocenters. The minimum Gasteiger partial charge on any atom is -0.345 e. The molecule has 5 heteroatoms. The molecule has 2 aromatic rings. The summed E-state index contributed by atoms with van der Waals surface area (Å²) in [5.41, 5.74) is 3.23. The maximum absolute atomic E-state index is 11.1. The second-order valence-electron chi connectivity index (χ2n) is 2.55. The lowest BCUT2D eigenvalue weighted by molar-refractivity contribution is 0.0708. The molecule has 0 aliphatic heterocycles. The van der Waals surface area contributed by atoms with Gasteiger partial charge in [0.25, 0.3) is 5.91 Å². The zero-order valence-electron chi connectivity index (χ0n) is 6.61. The SMILES string of the molecule is O=C(NO)c1cccc2[nH]cnc12. The van der Waals surface area contributed by atoms with Crippen molar-refractivity contribution in [3.8, 4) is 0 Å². The highest BCUT2D eigenvalue weighted by atomic mass is 16.5. The first kappa shape index (κ1) is 7.75. The Bertz CT molecular complexity index is 449. The topological polar surface area (TPSA) is 78.0 Å². The standard InChI is InChI=1S/C8H7N3O2/c12-8(11-13)5-2-1-3-6-7(5)10-4-9-6/h1-4,13H,(H,9,10)(H,11,12). The number of carbonyl (C=O) groups excluding carboxylic acids is 1. The highest BCUT2D eigenvalue weighted by Crippen LogP contribution is 2.13. The molecule has 0 atom stereocenters. The fraction of sp³-hybridized carbons (Fsp3) is 0. The molecule has 0 aliphatic carbocycles. The van der Waals surface area contributed by atoms with Crippen molar-refractivity contribution in [3.63, 3.8) is 0 Å². The molecule has 0 fully saturated rings. The van der Waals surface area contributed by atoms with Crippen molar-refractivity contribution >= 4 is 16.9 Å². The van der Waals surface area contributed by atoms with Crippen molar-refractivity contribution < 1.29 is 10.0 Å². The summed E-state index contributed by atoms with van der Waals surface area (Å²) in [4.78, 5) is 17.9. The minimum absolute atomic E-state index is 0.348. The van der Waals surface area contributed by atoms with Crippen molar-refractivity contribution in [3.05, 3.63) is 30.1 Å². The van der Waals surface area contributed by atoms with Crippen LogP contribution in [0.2, 0.25) is 0 Å².